The Morgan fingerprint density at radius 2 is 1.80 bits per heavy atom. The Labute approximate surface area is 130 Å². The molecule has 0 aromatic carbocycles. The number of carboxylic acid groups (broad SMARTS) is 1. The molecule has 0 N–H and O–H groups in total. The molecule has 2 rings (SSSR count). The maximum Gasteiger partial charge on any atom is 1.00 e. The van der Waals surface area contributed by atoms with Crippen LogP contribution in [0.15, 0.2) is 0 Å². The number of hydrogen-bond acceptors (Lipinski definition) is 5. The third-order valence-corrected chi connectivity index (χ3v) is 2.54. The van der Waals surface area contributed by atoms with Crippen LogP contribution in [0.2, 0.25) is 0 Å². The summed E-state index contributed by atoms with van der Waals surface area (Å²) >= 11 is 0. The zero-order valence-electron chi connectivity index (χ0n) is 8.60. The van der Waals surface area contributed by atoms with Crippen molar-refractivity contribution in [3.8, 4) is 0 Å². The maximum absolute atomic E-state index is 11.2. The molecule has 1 saturated heterocycles. The molecule has 2 unspecified atom stereocenters. The van der Waals surface area contributed by atoms with Crippen LogP contribution in [0.5, 0.6) is 0 Å². The Hall–Kier alpha value is 0.536. The van der Waals surface area contributed by atoms with Crippen molar-refractivity contribution in [1.29, 1.82) is 0 Å². The summed E-state index contributed by atoms with van der Waals surface area (Å²) in [7, 11) is 0. The van der Waals surface area contributed by atoms with Crippen LogP contribution in [0, 0.1) is 0 Å². The second-order valence-corrected chi connectivity index (χ2v) is 3.64. The number of esters is 1. The van der Waals surface area contributed by atoms with Crippen LogP contribution in [0.25, 0.3) is 0 Å². The summed E-state index contributed by atoms with van der Waals surface area (Å²) in [5.74, 6) is -1.91. The molecule has 6 heteroatoms. The molecule has 2 fully saturated rings. The first-order valence-electron chi connectivity index (χ1n) is 4.75. The molecule has 78 valence electrons. The van der Waals surface area contributed by atoms with Gasteiger partial charge in [0.2, 0.25) is 0 Å². The van der Waals surface area contributed by atoms with Gasteiger partial charge in [-0.1, -0.05) is 0 Å². The molecular formula is C9H11KO5. The fourth-order valence-corrected chi connectivity index (χ4v) is 1.71. The van der Waals surface area contributed by atoms with Crippen molar-refractivity contribution >= 4 is 11.9 Å². The molecule has 1 aliphatic carbocycles. The van der Waals surface area contributed by atoms with Gasteiger partial charge in [0.1, 0.15) is 12.2 Å². The molecule has 0 bridgehead atoms. The number of epoxide rings is 1. The second kappa shape index (κ2) is 5.74. The largest absolute Gasteiger partial charge is 1.00 e. The molecule has 15 heavy (non-hydrogen) atoms. The molecule has 1 saturated carbocycles. The summed E-state index contributed by atoms with van der Waals surface area (Å²) < 4.78 is 9.67. The van der Waals surface area contributed by atoms with Crippen molar-refractivity contribution in [2.75, 3.05) is 0 Å². The smallest absolute Gasteiger partial charge is 0.547 e. The van der Waals surface area contributed by atoms with Gasteiger partial charge < -0.3 is 19.4 Å². The van der Waals surface area contributed by atoms with Gasteiger partial charge in [0.25, 0.3) is 0 Å². The van der Waals surface area contributed by atoms with Crippen molar-refractivity contribution in [1.82, 2.24) is 0 Å². The van der Waals surface area contributed by atoms with E-state index in [4.69, 9.17) is 4.74 Å². The van der Waals surface area contributed by atoms with Gasteiger partial charge in [-0.25, -0.2) is 4.79 Å². The number of hydrogen-bond donors (Lipinski definition) is 0. The topological polar surface area (TPSA) is 79.0 Å². The van der Waals surface area contributed by atoms with E-state index in [9.17, 15) is 14.7 Å². The van der Waals surface area contributed by atoms with Gasteiger partial charge in [-0.05, 0) is 25.7 Å². The molecule has 0 radical (unpaired) electrons. The summed E-state index contributed by atoms with van der Waals surface area (Å²) in [4.78, 5) is 21.5. The molecule has 2 atom stereocenters. The molecule has 1 heterocycles. The third-order valence-electron chi connectivity index (χ3n) is 2.54. The van der Waals surface area contributed by atoms with Crippen LogP contribution >= 0.6 is 0 Å². The first-order valence-corrected chi connectivity index (χ1v) is 4.75. The Morgan fingerprint density at radius 1 is 1.20 bits per heavy atom. The number of rotatable bonds is 3. The van der Waals surface area contributed by atoms with Crippen LogP contribution in [0.3, 0.4) is 0 Å². The van der Waals surface area contributed by atoms with E-state index >= 15 is 0 Å². The van der Waals surface area contributed by atoms with Crippen LogP contribution in [0.1, 0.15) is 25.7 Å². The molecule has 0 aromatic rings. The number of carboxylic acids is 1. The molecular weight excluding hydrogens is 227 g/mol. The van der Waals surface area contributed by atoms with Crippen molar-refractivity contribution in [2.45, 2.75) is 44.0 Å². The summed E-state index contributed by atoms with van der Waals surface area (Å²) in [6.07, 6.45) is 1.79. The van der Waals surface area contributed by atoms with Gasteiger partial charge in [-0.15, -0.1) is 0 Å². The average molecular weight is 238 g/mol. The van der Waals surface area contributed by atoms with E-state index in [1.54, 1.807) is 0 Å². The Kier molecular flexibility index (Phi) is 5.21. The minimum absolute atomic E-state index is 0. The number of carbonyl (C=O) groups excluding carboxylic acids is 2. The Morgan fingerprint density at radius 3 is 2.27 bits per heavy atom. The minimum atomic E-state index is -1.35. The zero-order valence-corrected chi connectivity index (χ0v) is 11.7. The molecule has 0 spiro atoms. The van der Waals surface area contributed by atoms with E-state index in [0.717, 1.165) is 25.7 Å². The maximum atomic E-state index is 11.2. The second-order valence-electron chi connectivity index (χ2n) is 3.64. The first-order chi connectivity index (χ1) is 6.68. The molecule has 0 amide bonds. The van der Waals surface area contributed by atoms with E-state index in [-0.39, 0.29) is 57.5 Å². The Bertz CT molecular complexity index is 261. The number of carbonyl (C=O) groups is 2. The van der Waals surface area contributed by atoms with Gasteiger partial charge in [0.05, 0.1) is 5.97 Å². The zero-order chi connectivity index (χ0) is 10.1. The number of ether oxygens (including phenoxy) is 2. The summed E-state index contributed by atoms with van der Waals surface area (Å²) in [6.45, 7) is 0. The van der Waals surface area contributed by atoms with Crippen molar-refractivity contribution in [3.63, 3.8) is 0 Å². The van der Waals surface area contributed by atoms with E-state index in [1.165, 1.54) is 0 Å². The quantitative estimate of drug-likeness (QED) is 0.284. The predicted molar refractivity (Wildman–Crippen MR) is 42.0 cm³/mol. The van der Waals surface area contributed by atoms with E-state index in [2.05, 4.69) is 4.74 Å². The van der Waals surface area contributed by atoms with Crippen LogP contribution in [-0.4, -0.2) is 30.3 Å². The van der Waals surface area contributed by atoms with Gasteiger partial charge in [-0.3, -0.25) is 0 Å². The van der Waals surface area contributed by atoms with Gasteiger partial charge in [0, 0.05) is 0 Å². The fraction of sp³-hybridized carbons (Fsp3) is 0.778. The molecule has 0 aromatic heterocycles. The van der Waals surface area contributed by atoms with Crippen molar-refractivity contribution in [3.05, 3.63) is 0 Å². The van der Waals surface area contributed by atoms with E-state index in [1.807, 2.05) is 0 Å². The van der Waals surface area contributed by atoms with Gasteiger partial charge in [-0.2, -0.15) is 0 Å². The van der Waals surface area contributed by atoms with Gasteiger partial charge in [0.15, 0.2) is 6.10 Å². The fourth-order valence-electron chi connectivity index (χ4n) is 1.71. The van der Waals surface area contributed by atoms with Gasteiger partial charge >= 0.3 is 57.4 Å². The van der Waals surface area contributed by atoms with Crippen LogP contribution < -0.4 is 56.5 Å². The summed E-state index contributed by atoms with van der Waals surface area (Å²) in [5.41, 5.74) is 0. The summed E-state index contributed by atoms with van der Waals surface area (Å²) in [5, 5.41) is 10.3. The normalized spacial score (nSPS) is 29.3. The predicted octanol–water partition coefficient (Wildman–Crippen LogP) is -4.01. The molecule has 2 aliphatic rings. The third kappa shape index (κ3) is 3.50. The molecule has 1 aliphatic heterocycles. The standard InChI is InChI=1S/C9H12O5.K/c10-8(11)6-7(14-6)9(12)13-5-3-1-2-4-5;/h5-7H,1-4H2,(H,10,11);/q;+1/p-1. The molecule has 5 nitrogen and oxygen atoms in total. The average Bonchev–Trinajstić information content (AvgIpc) is 2.80. The van der Waals surface area contributed by atoms with E-state index in [0.29, 0.717) is 0 Å². The minimum Gasteiger partial charge on any atom is -0.547 e. The SMILES string of the molecule is O=C([O-])C1OC1C(=O)OC1CCCC1.[K+]. The Balaban J connectivity index is 0.00000112. The van der Waals surface area contributed by atoms with Crippen molar-refractivity contribution < 1.29 is 75.6 Å². The monoisotopic (exact) mass is 238 g/mol. The first kappa shape index (κ1) is 13.6. The summed E-state index contributed by atoms with van der Waals surface area (Å²) in [6, 6.07) is 0. The van der Waals surface area contributed by atoms with Crippen LogP contribution in [-0.2, 0) is 19.1 Å². The van der Waals surface area contributed by atoms with Crippen molar-refractivity contribution in [2.24, 2.45) is 0 Å². The van der Waals surface area contributed by atoms with E-state index < -0.39 is 24.1 Å². The number of aliphatic carboxylic acids is 1. The van der Waals surface area contributed by atoms with Crippen LogP contribution in [0.4, 0.5) is 0 Å².